The molecule has 0 aromatic rings. The number of nitrogens with zero attached hydrogens (tertiary/aromatic N) is 1. The maximum atomic E-state index is 12.7. The molecular formula is C50H90NO9P. The molecule has 0 aliphatic carbocycles. The number of aliphatic hydroxyl groups is 1. The summed E-state index contributed by atoms with van der Waals surface area (Å²) in [5, 5.41) is 9.75. The Morgan fingerprint density at radius 1 is 0.590 bits per heavy atom. The van der Waals surface area contributed by atoms with Gasteiger partial charge in [0, 0.05) is 12.8 Å². The van der Waals surface area contributed by atoms with Crippen molar-refractivity contribution in [2.75, 3.05) is 47.5 Å². The lowest BCUT2D eigenvalue weighted by Crippen LogP contribution is -2.37. The smallest absolute Gasteiger partial charge is 0.306 e. The van der Waals surface area contributed by atoms with Crippen LogP contribution in [0.3, 0.4) is 0 Å². The van der Waals surface area contributed by atoms with Crippen LogP contribution in [0.15, 0.2) is 60.8 Å². The number of likely N-dealkylation sites (N-methyl/N-ethyl adjacent to an activating group) is 1. The summed E-state index contributed by atoms with van der Waals surface area (Å²) >= 11 is 0. The predicted molar refractivity (Wildman–Crippen MR) is 251 cm³/mol. The summed E-state index contributed by atoms with van der Waals surface area (Å²) in [6.45, 7) is 3.95. The average molecular weight is 880 g/mol. The van der Waals surface area contributed by atoms with Crippen molar-refractivity contribution in [1.82, 2.24) is 0 Å². The fourth-order valence-corrected chi connectivity index (χ4v) is 7.03. The van der Waals surface area contributed by atoms with Crippen LogP contribution in [0, 0.1) is 0 Å². The second-order valence-electron chi connectivity index (χ2n) is 17.3. The molecule has 0 saturated carbocycles. The number of quaternary nitrogens is 1. The van der Waals surface area contributed by atoms with Crippen molar-refractivity contribution in [1.29, 1.82) is 0 Å². The topological polar surface area (TPSA) is 131 Å². The predicted octanol–water partition coefficient (Wildman–Crippen LogP) is 12.4. The van der Waals surface area contributed by atoms with Gasteiger partial charge < -0.3 is 33.0 Å². The van der Waals surface area contributed by atoms with Gasteiger partial charge >= 0.3 is 11.9 Å². The molecule has 10 nitrogen and oxygen atoms in total. The SMILES string of the molecule is CCCCCCCC/C=C\CCCCCCCCCCCC(=O)OC[C@H](COP(=O)([O-])OCC[N+](C)(C)C)OC(=O)CCC/C=C\C/C=C\C/C=C\C/C=C\CC(O)CCC. The molecule has 0 spiro atoms. The molecule has 0 radical (unpaired) electrons. The largest absolute Gasteiger partial charge is 0.756 e. The van der Waals surface area contributed by atoms with E-state index >= 15 is 0 Å². The molecule has 0 fully saturated rings. The number of carbonyl (C=O) groups excluding carboxylic acids is 2. The summed E-state index contributed by atoms with van der Waals surface area (Å²) in [5.74, 6) is -0.923. The van der Waals surface area contributed by atoms with Crippen LogP contribution in [0.25, 0.3) is 0 Å². The zero-order chi connectivity index (χ0) is 45.1. The molecule has 3 atom stereocenters. The lowest BCUT2D eigenvalue weighted by atomic mass is 10.1. The molecule has 0 amide bonds. The number of unbranched alkanes of at least 4 members (excludes halogenated alkanes) is 16. The van der Waals surface area contributed by atoms with Gasteiger partial charge in [0.1, 0.15) is 19.8 Å². The van der Waals surface area contributed by atoms with Crippen molar-refractivity contribution in [2.24, 2.45) is 0 Å². The molecule has 0 aromatic heterocycles. The Kier molecular flexibility index (Phi) is 40.1. The maximum Gasteiger partial charge on any atom is 0.306 e. The number of phosphoric ester groups is 1. The summed E-state index contributed by atoms with van der Waals surface area (Å²) in [6, 6.07) is 0. The number of aliphatic hydroxyl groups excluding tert-OH is 1. The minimum absolute atomic E-state index is 0.0501. The molecule has 11 heteroatoms. The molecule has 0 bridgehead atoms. The van der Waals surface area contributed by atoms with Crippen molar-refractivity contribution in [2.45, 2.75) is 199 Å². The quantitative estimate of drug-likeness (QED) is 0.0209. The van der Waals surface area contributed by atoms with Gasteiger partial charge in [-0.25, -0.2) is 0 Å². The van der Waals surface area contributed by atoms with Gasteiger partial charge in [0.2, 0.25) is 0 Å². The van der Waals surface area contributed by atoms with Crippen LogP contribution in [-0.2, 0) is 32.7 Å². The van der Waals surface area contributed by atoms with E-state index in [1.807, 2.05) is 33.3 Å². The average Bonchev–Trinajstić information content (AvgIpc) is 3.20. The number of hydrogen-bond donors (Lipinski definition) is 1. The number of phosphoric acid groups is 1. The van der Waals surface area contributed by atoms with Crippen LogP contribution < -0.4 is 4.89 Å². The van der Waals surface area contributed by atoms with E-state index in [2.05, 4.69) is 62.5 Å². The molecule has 0 aromatic carbocycles. The van der Waals surface area contributed by atoms with E-state index in [0.29, 0.717) is 36.7 Å². The van der Waals surface area contributed by atoms with E-state index < -0.39 is 32.5 Å². The van der Waals surface area contributed by atoms with Gasteiger partial charge in [-0.3, -0.25) is 14.2 Å². The van der Waals surface area contributed by atoms with Crippen molar-refractivity contribution in [3.63, 3.8) is 0 Å². The van der Waals surface area contributed by atoms with E-state index in [4.69, 9.17) is 18.5 Å². The van der Waals surface area contributed by atoms with E-state index in [1.54, 1.807) is 0 Å². The minimum Gasteiger partial charge on any atom is -0.756 e. The molecule has 0 saturated heterocycles. The molecule has 0 rings (SSSR count). The molecule has 2 unspecified atom stereocenters. The lowest BCUT2D eigenvalue weighted by Gasteiger charge is -2.28. The zero-order valence-electron chi connectivity index (χ0n) is 39.5. The molecule has 354 valence electrons. The summed E-state index contributed by atoms with van der Waals surface area (Å²) < 4.78 is 33.9. The van der Waals surface area contributed by atoms with Gasteiger partial charge in [-0.15, -0.1) is 0 Å². The van der Waals surface area contributed by atoms with E-state index in [1.165, 1.54) is 83.5 Å². The van der Waals surface area contributed by atoms with Crippen molar-refractivity contribution in [3.05, 3.63) is 60.8 Å². The number of ether oxygens (including phenoxy) is 2. The van der Waals surface area contributed by atoms with Gasteiger partial charge in [0.15, 0.2) is 6.10 Å². The molecular weight excluding hydrogens is 790 g/mol. The third kappa shape index (κ3) is 45.5. The maximum absolute atomic E-state index is 12.7. The Morgan fingerprint density at radius 2 is 1.07 bits per heavy atom. The first kappa shape index (κ1) is 58.7. The first-order valence-corrected chi connectivity index (χ1v) is 25.5. The highest BCUT2D eigenvalue weighted by atomic mass is 31.2. The monoisotopic (exact) mass is 880 g/mol. The van der Waals surface area contributed by atoms with Gasteiger partial charge in [-0.2, -0.15) is 0 Å². The first-order chi connectivity index (χ1) is 29.4. The summed E-state index contributed by atoms with van der Waals surface area (Å²) in [6.07, 6.45) is 47.4. The number of esters is 2. The summed E-state index contributed by atoms with van der Waals surface area (Å²) in [7, 11) is 1.10. The number of allylic oxidation sites excluding steroid dienone is 9. The number of rotatable bonds is 43. The first-order valence-electron chi connectivity index (χ1n) is 24.1. The third-order valence-electron chi connectivity index (χ3n) is 10.1. The highest BCUT2D eigenvalue weighted by Crippen LogP contribution is 2.38. The Balaban J connectivity index is 4.40. The standard InChI is InChI=1S/C50H90NO9P/c1-6-8-9-10-11-12-13-14-15-16-17-18-19-22-25-28-31-34-37-41-49(53)57-45-48(46-59-61(55,56)58-44-43-51(3,4)5)60-50(54)42-38-35-32-29-26-23-20-21-24-27-30-33-36-40-47(52)39-7-2/h14-15,20,23-24,27,29,32-33,36,47-48,52H,6-13,16-19,21-22,25-26,28,30-31,34-35,37-46H2,1-5H3/b15-14-,23-20-,27-24-,32-29-,36-33-/t47?,48-/m1/s1. The molecule has 0 heterocycles. The summed E-state index contributed by atoms with van der Waals surface area (Å²) in [4.78, 5) is 37.6. The fourth-order valence-electron chi connectivity index (χ4n) is 6.30. The highest BCUT2D eigenvalue weighted by Gasteiger charge is 2.21. The van der Waals surface area contributed by atoms with Gasteiger partial charge in [0.05, 0.1) is 33.9 Å². The Labute approximate surface area is 373 Å². The van der Waals surface area contributed by atoms with Gasteiger partial charge in [-0.1, -0.05) is 158 Å². The Hall–Kier alpha value is -2.33. The van der Waals surface area contributed by atoms with Crippen LogP contribution in [0.5, 0.6) is 0 Å². The van der Waals surface area contributed by atoms with Crippen LogP contribution >= 0.6 is 7.82 Å². The normalized spacial score (nSPS) is 14.5. The van der Waals surface area contributed by atoms with Crippen molar-refractivity contribution in [3.8, 4) is 0 Å². The van der Waals surface area contributed by atoms with E-state index in [0.717, 1.165) is 51.4 Å². The van der Waals surface area contributed by atoms with Crippen LogP contribution in [0.2, 0.25) is 0 Å². The van der Waals surface area contributed by atoms with Crippen molar-refractivity contribution >= 4 is 19.8 Å². The molecule has 0 aliphatic heterocycles. The second kappa shape index (κ2) is 41.7. The van der Waals surface area contributed by atoms with Gasteiger partial charge in [0.25, 0.3) is 7.82 Å². The van der Waals surface area contributed by atoms with Crippen LogP contribution in [0.1, 0.15) is 187 Å². The zero-order valence-corrected chi connectivity index (χ0v) is 40.4. The van der Waals surface area contributed by atoms with Gasteiger partial charge in [-0.05, 0) is 77.0 Å². The minimum atomic E-state index is -4.65. The number of hydrogen-bond acceptors (Lipinski definition) is 9. The van der Waals surface area contributed by atoms with E-state index in [-0.39, 0.29) is 32.2 Å². The third-order valence-corrected chi connectivity index (χ3v) is 11.0. The molecule has 1 N–H and O–H groups in total. The fraction of sp³-hybridized carbons (Fsp3) is 0.760. The highest BCUT2D eigenvalue weighted by molar-refractivity contribution is 7.45. The second-order valence-corrected chi connectivity index (χ2v) is 18.7. The van der Waals surface area contributed by atoms with Crippen LogP contribution in [-0.4, -0.2) is 81.2 Å². The summed E-state index contributed by atoms with van der Waals surface area (Å²) in [5.41, 5.74) is 0. The van der Waals surface area contributed by atoms with E-state index in [9.17, 15) is 24.2 Å². The van der Waals surface area contributed by atoms with Crippen molar-refractivity contribution < 1.29 is 47.2 Å². The Bertz CT molecular complexity index is 1240. The number of carbonyl (C=O) groups is 2. The molecule has 0 aliphatic rings. The molecule has 61 heavy (non-hydrogen) atoms. The Morgan fingerprint density at radius 3 is 1.62 bits per heavy atom. The van der Waals surface area contributed by atoms with Crippen LogP contribution in [0.4, 0.5) is 0 Å². The lowest BCUT2D eigenvalue weighted by molar-refractivity contribution is -0.870.